The zero-order valence-corrected chi connectivity index (χ0v) is 10.4. The molecule has 0 aromatic carbocycles. The number of aromatic nitrogens is 1. The number of nitrogens with one attached hydrogen (secondary N) is 1. The Morgan fingerprint density at radius 2 is 1.94 bits per heavy atom. The van der Waals surface area contributed by atoms with Crippen molar-refractivity contribution in [1.82, 2.24) is 4.98 Å². The normalized spacial score (nSPS) is 19.6. The quantitative estimate of drug-likeness (QED) is 0.819. The molecule has 1 aromatic heterocycles. The van der Waals surface area contributed by atoms with Crippen LogP contribution in [0.3, 0.4) is 0 Å². The van der Waals surface area contributed by atoms with E-state index in [1.807, 2.05) is 19.1 Å². The van der Waals surface area contributed by atoms with Crippen LogP contribution in [0.25, 0.3) is 0 Å². The van der Waals surface area contributed by atoms with Crippen LogP contribution in [-0.2, 0) is 0 Å². The van der Waals surface area contributed by atoms with Gasteiger partial charge in [-0.05, 0) is 62.5 Å². The molecule has 3 heteroatoms. The summed E-state index contributed by atoms with van der Waals surface area (Å²) >= 11 is 0. The Kier molecular flexibility index (Phi) is 2.69. The van der Waals surface area contributed by atoms with Crippen molar-refractivity contribution >= 4 is 11.5 Å². The molecular weight excluding hydrogens is 210 g/mol. The first kappa shape index (κ1) is 10.9. The number of hydrogen-bond acceptors (Lipinski definition) is 3. The van der Waals surface area contributed by atoms with Crippen LogP contribution in [0.15, 0.2) is 12.1 Å². The highest BCUT2D eigenvalue weighted by atomic mass is 15.0. The molecular formula is C14H21N3. The molecule has 92 valence electrons. The van der Waals surface area contributed by atoms with Crippen LogP contribution in [0.2, 0.25) is 0 Å². The van der Waals surface area contributed by atoms with Crippen molar-refractivity contribution in [2.24, 2.45) is 17.8 Å². The van der Waals surface area contributed by atoms with Crippen molar-refractivity contribution in [1.29, 1.82) is 0 Å². The molecule has 0 atom stereocenters. The number of nitrogen functional groups attached to an aromatic ring is 1. The molecule has 3 nitrogen and oxygen atoms in total. The fourth-order valence-corrected chi connectivity index (χ4v) is 2.66. The van der Waals surface area contributed by atoms with E-state index < -0.39 is 0 Å². The van der Waals surface area contributed by atoms with E-state index in [0.717, 1.165) is 41.5 Å². The van der Waals surface area contributed by atoms with Crippen molar-refractivity contribution in [2.75, 3.05) is 17.6 Å². The summed E-state index contributed by atoms with van der Waals surface area (Å²) in [4.78, 5) is 4.47. The summed E-state index contributed by atoms with van der Waals surface area (Å²) in [6.45, 7) is 3.05. The average Bonchev–Trinajstić information content (AvgIpc) is 3.14. The summed E-state index contributed by atoms with van der Waals surface area (Å²) in [5, 5.41) is 3.49. The van der Waals surface area contributed by atoms with Crippen molar-refractivity contribution in [3.63, 3.8) is 0 Å². The molecule has 2 aliphatic carbocycles. The van der Waals surface area contributed by atoms with Gasteiger partial charge in [-0.3, -0.25) is 0 Å². The van der Waals surface area contributed by atoms with E-state index in [-0.39, 0.29) is 0 Å². The third kappa shape index (κ3) is 2.54. The number of aryl methyl sites for hydroxylation is 1. The Hall–Kier alpha value is -1.25. The van der Waals surface area contributed by atoms with Crippen LogP contribution >= 0.6 is 0 Å². The van der Waals surface area contributed by atoms with Crippen LogP contribution in [0.5, 0.6) is 0 Å². The maximum atomic E-state index is 5.77. The van der Waals surface area contributed by atoms with Gasteiger partial charge in [0.05, 0.1) is 11.4 Å². The van der Waals surface area contributed by atoms with Gasteiger partial charge in [-0.2, -0.15) is 0 Å². The van der Waals surface area contributed by atoms with E-state index in [1.54, 1.807) is 0 Å². The molecule has 2 saturated carbocycles. The molecule has 0 amide bonds. The number of nitrogens with zero attached hydrogens (tertiary/aromatic N) is 1. The third-order valence-corrected chi connectivity index (χ3v) is 4.10. The van der Waals surface area contributed by atoms with E-state index in [1.165, 1.54) is 25.7 Å². The van der Waals surface area contributed by atoms with E-state index in [4.69, 9.17) is 5.73 Å². The lowest BCUT2D eigenvalue weighted by Gasteiger charge is -2.17. The standard InChI is InChI=1S/C14H21N3/c1-9-13(15)6-7-14(17-9)16-8-12(10-2-3-10)11-4-5-11/h6-7,10-12H,2-5,8,15H2,1H3,(H,16,17). The second kappa shape index (κ2) is 4.21. The average molecular weight is 231 g/mol. The van der Waals surface area contributed by atoms with Crippen molar-refractivity contribution in [3.05, 3.63) is 17.8 Å². The number of rotatable bonds is 5. The zero-order valence-electron chi connectivity index (χ0n) is 10.4. The van der Waals surface area contributed by atoms with Gasteiger partial charge in [0.15, 0.2) is 0 Å². The van der Waals surface area contributed by atoms with Gasteiger partial charge in [0.1, 0.15) is 5.82 Å². The number of nitrogens with two attached hydrogens (primary N) is 1. The molecule has 0 saturated heterocycles. The zero-order chi connectivity index (χ0) is 11.8. The van der Waals surface area contributed by atoms with Crippen molar-refractivity contribution in [2.45, 2.75) is 32.6 Å². The number of anilines is 2. The van der Waals surface area contributed by atoms with E-state index in [2.05, 4.69) is 10.3 Å². The first-order chi connectivity index (χ1) is 8.24. The largest absolute Gasteiger partial charge is 0.397 e. The van der Waals surface area contributed by atoms with Gasteiger partial charge in [0, 0.05) is 6.54 Å². The molecule has 2 fully saturated rings. The molecule has 0 radical (unpaired) electrons. The Morgan fingerprint density at radius 3 is 2.47 bits per heavy atom. The van der Waals surface area contributed by atoms with E-state index >= 15 is 0 Å². The van der Waals surface area contributed by atoms with Crippen LogP contribution in [-0.4, -0.2) is 11.5 Å². The van der Waals surface area contributed by atoms with Crippen LogP contribution < -0.4 is 11.1 Å². The van der Waals surface area contributed by atoms with Gasteiger partial charge in [-0.1, -0.05) is 0 Å². The Bertz CT molecular complexity index is 396. The molecule has 17 heavy (non-hydrogen) atoms. The minimum atomic E-state index is 0.775. The summed E-state index contributed by atoms with van der Waals surface area (Å²) in [5.74, 6) is 3.84. The van der Waals surface area contributed by atoms with Gasteiger partial charge >= 0.3 is 0 Å². The summed E-state index contributed by atoms with van der Waals surface area (Å²) in [5.41, 5.74) is 7.47. The molecule has 0 spiro atoms. The highest BCUT2D eigenvalue weighted by molar-refractivity contribution is 5.49. The molecule has 0 unspecified atom stereocenters. The fraction of sp³-hybridized carbons (Fsp3) is 0.643. The maximum Gasteiger partial charge on any atom is 0.126 e. The third-order valence-electron chi connectivity index (χ3n) is 4.10. The summed E-state index contributed by atoms with van der Waals surface area (Å²) in [6.07, 6.45) is 5.77. The molecule has 2 aliphatic rings. The summed E-state index contributed by atoms with van der Waals surface area (Å²) < 4.78 is 0. The van der Waals surface area contributed by atoms with Gasteiger partial charge in [-0.25, -0.2) is 4.98 Å². The van der Waals surface area contributed by atoms with Crippen molar-refractivity contribution < 1.29 is 0 Å². The lowest BCUT2D eigenvalue weighted by molar-refractivity contribution is 0.427. The minimum absolute atomic E-state index is 0.775. The maximum absolute atomic E-state index is 5.77. The molecule has 3 N–H and O–H groups in total. The predicted octanol–water partition coefficient (Wildman–Crippen LogP) is 2.82. The highest BCUT2D eigenvalue weighted by Crippen LogP contribution is 2.49. The lowest BCUT2D eigenvalue weighted by Crippen LogP contribution is -2.19. The molecule has 0 bridgehead atoms. The van der Waals surface area contributed by atoms with Gasteiger partial charge in [-0.15, -0.1) is 0 Å². The second-order valence-corrected chi connectivity index (χ2v) is 5.59. The predicted molar refractivity (Wildman–Crippen MR) is 70.8 cm³/mol. The van der Waals surface area contributed by atoms with Gasteiger partial charge < -0.3 is 11.1 Å². The summed E-state index contributed by atoms with van der Waals surface area (Å²) in [7, 11) is 0. The van der Waals surface area contributed by atoms with Gasteiger partial charge in [0.25, 0.3) is 0 Å². The number of hydrogen-bond donors (Lipinski definition) is 2. The van der Waals surface area contributed by atoms with E-state index in [0.29, 0.717) is 0 Å². The van der Waals surface area contributed by atoms with E-state index in [9.17, 15) is 0 Å². The smallest absolute Gasteiger partial charge is 0.126 e. The lowest BCUT2D eigenvalue weighted by atomic mass is 9.98. The first-order valence-electron chi connectivity index (χ1n) is 6.71. The van der Waals surface area contributed by atoms with Gasteiger partial charge in [0.2, 0.25) is 0 Å². The Balaban J connectivity index is 1.60. The monoisotopic (exact) mass is 231 g/mol. The molecule has 1 heterocycles. The first-order valence-corrected chi connectivity index (χ1v) is 6.71. The number of pyridine rings is 1. The van der Waals surface area contributed by atoms with Crippen LogP contribution in [0, 0.1) is 24.7 Å². The molecule has 3 rings (SSSR count). The van der Waals surface area contributed by atoms with Crippen molar-refractivity contribution in [3.8, 4) is 0 Å². The van der Waals surface area contributed by atoms with Crippen LogP contribution in [0.4, 0.5) is 11.5 Å². The Morgan fingerprint density at radius 1 is 1.29 bits per heavy atom. The second-order valence-electron chi connectivity index (χ2n) is 5.59. The Labute approximate surface area is 103 Å². The SMILES string of the molecule is Cc1nc(NCC(C2CC2)C2CC2)ccc1N. The fourth-order valence-electron chi connectivity index (χ4n) is 2.66. The summed E-state index contributed by atoms with van der Waals surface area (Å²) in [6, 6.07) is 3.92. The minimum Gasteiger partial charge on any atom is -0.397 e. The molecule has 0 aliphatic heterocycles. The molecule has 1 aromatic rings. The highest BCUT2D eigenvalue weighted by Gasteiger charge is 2.40. The topological polar surface area (TPSA) is 50.9 Å². The van der Waals surface area contributed by atoms with Crippen LogP contribution in [0.1, 0.15) is 31.4 Å².